The molecule has 2 aromatic rings. The molecule has 214 valence electrons. The highest BCUT2D eigenvalue weighted by Crippen LogP contribution is 2.53. The van der Waals surface area contributed by atoms with Crippen LogP contribution in [-0.4, -0.2) is 68.1 Å². The first-order valence-corrected chi connectivity index (χ1v) is 12.3. The van der Waals surface area contributed by atoms with Crippen LogP contribution < -0.4 is 21.1 Å². The zero-order chi connectivity index (χ0) is 28.8. The van der Waals surface area contributed by atoms with E-state index >= 15 is 0 Å². The van der Waals surface area contributed by atoms with E-state index in [0.717, 1.165) is 26.0 Å². The molecule has 0 bridgehead atoms. The topological polar surface area (TPSA) is 125 Å². The summed E-state index contributed by atoms with van der Waals surface area (Å²) in [7, 11) is 1.83. The molecule has 1 aliphatic heterocycles. The molecule has 1 aromatic carbocycles. The second kappa shape index (κ2) is 12.7. The number of primary amides is 1. The molecule has 1 aliphatic rings. The number of amides is 2. The molecule has 2 amide bonds. The molecule has 2 heterocycles. The van der Waals surface area contributed by atoms with Gasteiger partial charge in [0.05, 0.1) is 6.61 Å². The van der Waals surface area contributed by atoms with Gasteiger partial charge in [0.1, 0.15) is 18.4 Å². The monoisotopic (exact) mass is 556 g/mol. The largest absolute Gasteiger partial charge is 0.488 e. The summed E-state index contributed by atoms with van der Waals surface area (Å²) in [6.07, 6.45) is -4.42. The number of nitrogens with zero attached hydrogens (tertiary/aromatic N) is 1. The van der Waals surface area contributed by atoms with Crippen LogP contribution in [0.3, 0.4) is 0 Å². The molecular formula is C26H32F4N4O5. The Kier molecular flexibility index (Phi) is 9.86. The first kappa shape index (κ1) is 30.3. The molecule has 9 nitrogen and oxygen atoms in total. The Labute approximate surface area is 223 Å². The highest BCUT2D eigenvalue weighted by molar-refractivity contribution is 5.97. The third-order valence-corrected chi connectivity index (χ3v) is 6.75. The standard InChI is InChI=1S/C26H32F4N4O5/c1-15-21(16-5-6-20(18(27)13-16)38-12-11-37-10-4-8-32-3)22(39-25(15,2)26(28,29)30)24(36)34-17-7-9-33-19(14-17)23(31)35/h5-7,9,13-15,21-22,32H,4,8,10-12H2,1-3H3,(H2,31,35)(H,33,34,36)/t15-,21-,22+,25+/m0/s1. The van der Waals surface area contributed by atoms with E-state index in [9.17, 15) is 27.2 Å². The normalized spacial score (nSPS) is 23.0. The van der Waals surface area contributed by atoms with Gasteiger partial charge in [0, 0.05) is 30.3 Å². The number of carbonyl (C=O) groups is 2. The van der Waals surface area contributed by atoms with Crippen molar-refractivity contribution in [1.82, 2.24) is 10.3 Å². The van der Waals surface area contributed by atoms with Gasteiger partial charge in [-0.25, -0.2) is 4.39 Å². The zero-order valence-electron chi connectivity index (χ0n) is 21.8. The van der Waals surface area contributed by atoms with Crippen LogP contribution in [0.2, 0.25) is 0 Å². The quantitative estimate of drug-likeness (QED) is 0.270. The maximum atomic E-state index is 14.9. The minimum atomic E-state index is -4.82. The molecule has 39 heavy (non-hydrogen) atoms. The van der Waals surface area contributed by atoms with Crippen LogP contribution in [0.4, 0.5) is 23.2 Å². The summed E-state index contributed by atoms with van der Waals surface area (Å²) in [5, 5.41) is 5.44. The molecule has 0 spiro atoms. The van der Waals surface area contributed by atoms with Crippen molar-refractivity contribution < 1.29 is 41.4 Å². The summed E-state index contributed by atoms with van der Waals surface area (Å²) < 4.78 is 73.4. The lowest BCUT2D eigenvalue weighted by molar-refractivity contribution is -0.272. The number of carbonyl (C=O) groups excluding carboxylic acids is 2. The number of nitrogens with two attached hydrogens (primary N) is 1. The lowest BCUT2D eigenvalue weighted by atomic mass is 9.77. The molecule has 0 unspecified atom stereocenters. The van der Waals surface area contributed by atoms with Crippen molar-refractivity contribution in [3.63, 3.8) is 0 Å². The van der Waals surface area contributed by atoms with Crippen LogP contribution in [0.5, 0.6) is 5.75 Å². The van der Waals surface area contributed by atoms with Crippen LogP contribution in [-0.2, 0) is 14.3 Å². The lowest BCUT2D eigenvalue weighted by Gasteiger charge is -2.31. The molecule has 0 radical (unpaired) electrons. The fourth-order valence-electron chi connectivity index (χ4n) is 4.42. The fourth-order valence-corrected chi connectivity index (χ4v) is 4.42. The molecule has 3 rings (SSSR count). The van der Waals surface area contributed by atoms with E-state index in [1.165, 1.54) is 37.4 Å². The Morgan fingerprint density at radius 1 is 1.18 bits per heavy atom. The highest BCUT2D eigenvalue weighted by Gasteiger charge is 2.65. The van der Waals surface area contributed by atoms with E-state index < -0.39 is 47.3 Å². The van der Waals surface area contributed by atoms with E-state index in [1.54, 1.807) is 0 Å². The molecule has 13 heteroatoms. The number of halogens is 4. The van der Waals surface area contributed by atoms with Gasteiger partial charge in [0.25, 0.3) is 11.8 Å². The molecule has 1 saturated heterocycles. The van der Waals surface area contributed by atoms with Crippen molar-refractivity contribution >= 4 is 17.5 Å². The van der Waals surface area contributed by atoms with E-state index in [-0.39, 0.29) is 35.9 Å². The molecule has 0 saturated carbocycles. The van der Waals surface area contributed by atoms with Gasteiger partial charge < -0.3 is 30.6 Å². The third kappa shape index (κ3) is 7.02. The first-order chi connectivity index (χ1) is 18.4. The van der Waals surface area contributed by atoms with Gasteiger partial charge >= 0.3 is 6.18 Å². The average molecular weight is 557 g/mol. The van der Waals surface area contributed by atoms with Crippen molar-refractivity contribution in [2.75, 3.05) is 38.7 Å². The van der Waals surface area contributed by atoms with Crippen LogP contribution in [0.1, 0.15) is 42.2 Å². The summed E-state index contributed by atoms with van der Waals surface area (Å²) in [4.78, 5) is 28.4. The van der Waals surface area contributed by atoms with Gasteiger partial charge in [-0.2, -0.15) is 13.2 Å². The molecule has 4 atom stereocenters. The Hall–Kier alpha value is -3.29. The molecule has 1 fully saturated rings. The van der Waals surface area contributed by atoms with Crippen molar-refractivity contribution in [1.29, 1.82) is 0 Å². The number of pyridine rings is 1. The number of benzene rings is 1. The van der Waals surface area contributed by atoms with Gasteiger partial charge in [0.2, 0.25) is 0 Å². The van der Waals surface area contributed by atoms with Crippen LogP contribution in [0, 0.1) is 11.7 Å². The predicted molar refractivity (Wildman–Crippen MR) is 134 cm³/mol. The average Bonchev–Trinajstić information content (AvgIpc) is 3.16. The summed E-state index contributed by atoms with van der Waals surface area (Å²) in [5.74, 6) is -5.07. The number of nitrogens with one attached hydrogen (secondary N) is 2. The van der Waals surface area contributed by atoms with Gasteiger partial charge in [-0.1, -0.05) is 13.0 Å². The van der Waals surface area contributed by atoms with Crippen molar-refractivity contribution in [3.05, 3.63) is 53.6 Å². The highest BCUT2D eigenvalue weighted by atomic mass is 19.4. The van der Waals surface area contributed by atoms with E-state index in [0.29, 0.717) is 6.61 Å². The van der Waals surface area contributed by atoms with Crippen molar-refractivity contribution in [3.8, 4) is 5.75 Å². The molecule has 0 aliphatic carbocycles. The van der Waals surface area contributed by atoms with Crippen LogP contribution in [0.15, 0.2) is 36.5 Å². The zero-order valence-corrected chi connectivity index (χ0v) is 21.8. The van der Waals surface area contributed by atoms with Gasteiger partial charge in [-0.15, -0.1) is 0 Å². The summed E-state index contributed by atoms with van der Waals surface area (Å²) >= 11 is 0. The van der Waals surface area contributed by atoms with Gasteiger partial charge in [-0.05, 0) is 56.8 Å². The fraction of sp³-hybridized carbons (Fsp3) is 0.500. The Morgan fingerprint density at radius 3 is 2.56 bits per heavy atom. The number of anilines is 1. The SMILES string of the molecule is CNCCCOCCOc1ccc([C@H]2[C@H](C(=O)Nc3ccnc(C(N)=O)c3)O[C@@](C)(C(F)(F)F)[C@H]2C)cc1F. The van der Waals surface area contributed by atoms with E-state index in [4.69, 9.17) is 19.9 Å². The van der Waals surface area contributed by atoms with Crippen LogP contribution in [0.25, 0.3) is 0 Å². The smallest absolute Gasteiger partial charge is 0.417 e. The van der Waals surface area contributed by atoms with Crippen molar-refractivity contribution in [2.45, 2.75) is 44.1 Å². The second-order valence-electron chi connectivity index (χ2n) is 9.35. The molecular weight excluding hydrogens is 524 g/mol. The van der Waals surface area contributed by atoms with Crippen LogP contribution >= 0.6 is 0 Å². The maximum Gasteiger partial charge on any atom is 0.417 e. The number of ether oxygens (including phenoxy) is 3. The van der Waals surface area contributed by atoms with E-state index in [2.05, 4.69) is 15.6 Å². The third-order valence-electron chi connectivity index (χ3n) is 6.75. The Morgan fingerprint density at radius 2 is 1.92 bits per heavy atom. The lowest BCUT2D eigenvalue weighted by Crippen LogP contribution is -2.47. The number of rotatable bonds is 12. The van der Waals surface area contributed by atoms with E-state index in [1.807, 2.05) is 7.05 Å². The molecule has 1 aromatic heterocycles. The summed E-state index contributed by atoms with van der Waals surface area (Å²) in [6, 6.07) is 6.30. The Balaban J connectivity index is 1.81. The van der Waals surface area contributed by atoms with Crippen molar-refractivity contribution in [2.24, 2.45) is 11.7 Å². The van der Waals surface area contributed by atoms with Gasteiger partial charge in [0.15, 0.2) is 17.2 Å². The summed E-state index contributed by atoms with van der Waals surface area (Å²) in [5.41, 5.74) is 2.59. The predicted octanol–water partition coefficient (Wildman–Crippen LogP) is 3.40. The second-order valence-corrected chi connectivity index (χ2v) is 9.35. The minimum Gasteiger partial charge on any atom is -0.488 e. The number of alkyl halides is 3. The number of hydrogen-bond donors (Lipinski definition) is 3. The summed E-state index contributed by atoms with van der Waals surface area (Å²) in [6.45, 7) is 3.78. The first-order valence-electron chi connectivity index (χ1n) is 12.3. The molecule has 4 N–H and O–H groups in total. The minimum absolute atomic E-state index is 0.0785. The number of hydrogen-bond acceptors (Lipinski definition) is 7. The number of aromatic nitrogens is 1. The maximum absolute atomic E-state index is 14.9. The van der Waals surface area contributed by atoms with Gasteiger partial charge in [-0.3, -0.25) is 14.6 Å². The Bertz CT molecular complexity index is 1170.